The molecule has 0 radical (unpaired) electrons. The molecular formula is C15H22FNO3. The monoisotopic (exact) mass is 283 g/mol. The summed E-state index contributed by atoms with van der Waals surface area (Å²) >= 11 is 0. The van der Waals surface area contributed by atoms with Gasteiger partial charge in [0.1, 0.15) is 11.6 Å². The Balaban J connectivity index is 2.41. The second-order valence-electron chi connectivity index (χ2n) is 4.76. The van der Waals surface area contributed by atoms with Gasteiger partial charge < -0.3 is 14.7 Å². The maximum Gasteiger partial charge on any atom is 0.263 e. The van der Waals surface area contributed by atoms with Crippen molar-refractivity contribution in [3.8, 4) is 5.75 Å². The number of rotatable bonds is 8. The highest BCUT2D eigenvalue weighted by Gasteiger charge is 2.18. The Morgan fingerprint density at radius 3 is 2.80 bits per heavy atom. The van der Waals surface area contributed by atoms with E-state index in [9.17, 15) is 9.18 Å². The molecular weight excluding hydrogens is 261 g/mol. The van der Waals surface area contributed by atoms with Crippen LogP contribution in [-0.2, 0) is 4.79 Å². The van der Waals surface area contributed by atoms with Crippen molar-refractivity contribution in [2.45, 2.75) is 32.3 Å². The van der Waals surface area contributed by atoms with Gasteiger partial charge in [0.15, 0.2) is 6.10 Å². The third kappa shape index (κ3) is 5.57. The fourth-order valence-corrected chi connectivity index (χ4v) is 1.85. The zero-order chi connectivity index (χ0) is 15.0. The predicted molar refractivity (Wildman–Crippen MR) is 75.1 cm³/mol. The number of halogens is 1. The van der Waals surface area contributed by atoms with Gasteiger partial charge in [0, 0.05) is 26.3 Å². The van der Waals surface area contributed by atoms with Crippen molar-refractivity contribution < 1.29 is 19.0 Å². The molecule has 1 aromatic carbocycles. The van der Waals surface area contributed by atoms with Crippen molar-refractivity contribution in [3.63, 3.8) is 0 Å². The van der Waals surface area contributed by atoms with E-state index in [4.69, 9.17) is 9.84 Å². The molecule has 0 fully saturated rings. The van der Waals surface area contributed by atoms with E-state index in [1.807, 2.05) is 0 Å². The van der Waals surface area contributed by atoms with Crippen molar-refractivity contribution in [3.05, 3.63) is 30.1 Å². The maximum absolute atomic E-state index is 13.0. The second kappa shape index (κ2) is 8.53. The fourth-order valence-electron chi connectivity index (χ4n) is 1.85. The van der Waals surface area contributed by atoms with Crippen LogP contribution in [0.25, 0.3) is 0 Å². The molecule has 0 aliphatic rings. The number of likely N-dealkylation sites (N-methyl/N-ethyl adjacent to an activating group) is 1. The SMILES string of the molecule is CC(Oc1cccc(F)c1)C(=O)N(C)CCCCCO. The van der Waals surface area contributed by atoms with Crippen molar-refractivity contribution in [2.24, 2.45) is 0 Å². The summed E-state index contributed by atoms with van der Waals surface area (Å²) in [7, 11) is 1.71. The molecule has 5 heteroatoms. The summed E-state index contributed by atoms with van der Waals surface area (Å²) in [5.74, 6) is -0.183. The fraction of sp³-hybridized carbons (Fsp3) is 0.533. The summed E-state index contributed by atoms with van der Waals surface area (Å²) in [6, 6.07) is 5.74. The Labute approximate surface area is 119 Å². The zero-order valence-electron chi connectivity index (χ0n) is 12.0. The number of unbranched alkanes of at least 4 members (excludes halogenated alkanes) is 2. The van der Waals surface area contributed by atoms with Crippen LogP contribution in [0.5, 0.6) is 5.75 Å². The molecule has 0 saturated heterocycles. The molecule has 1 rings (SSSR count). The number of ether oxygens (including phenoxy) is 1. The van der Waals surface area contributed by atoms with Gasteiger partial charge in [-0.05, 0) is 38.3 Å². The minimum absolute atomic E-state index is 0.141. The van der Waals surface area contributed by atoms with E-state index >= 15 is 0 Å². The number of carbonyl (C=O) groups excluding carboxylic acids is 1. The molecule has 1 unspecified atom stereocenters. The summed E-state index contributed by atoms with van der Waals surface area (Å²) in [5.41, 5.74) is 0. The Hall–Kier alpha value is -1.62. The van der Waals surface area contributed by atoms with Crippen LogP contribution in [0.1, 0.15) is 26.2 Å². The molecule has 0 heterocycles. The lowest BCUT2D eigenvalue weighted by Crippen LogP contribution is -2.38. The number of carbonyl (C=O) groups is 1. The standard InChI is InChI=1S/C15H22FNO3/c1-12(20-14-8-6-7-13(16)11-14)15(19)17(2)9-4-3-5-10-18/h6-8,11-12,18H,3-5,9-10H2,1-2H3. The maximum atomic E-state index is 13.0. The number of aliphatic hydroxyl groups is 1. The number of benzene rings is 1. The average Bonchev–Trinajstić information content (AvgIpc) is 2.42. The minimum Gasteiger partial charge on any atom is -0.481 e. The van der Waals surface area contributed by atoms with E-state index in [-0.39, 0.29) is 18.3 Å². The first kappa shape index (κ1) is 16.4. The second-order valence-corrected chi connectivity index (χ2v) is 4.76. The molecule has 1 aromatic rings. The molecule has 1 atom stereocenters. The van der Waals surface area contributed by atoms with Crippen molar-refractivity contribution in [1.29, 1.82) is 0 Å². The normalized spacial score (nSPS) is 12.0. The Morgan fingerprint density at radius 1 is 1.40 bits per heavy atom. The Bertz CT molecular complexity index is 425. The van der Waals surface area contributed by atoms with Crippen LogP contribution < -0.4 is 4.74 Å². The summed E-state index contributed by atoms with van der Waals surface area (Å²) in [5, 5.41) is 8.68. The number of hydrogen-bond acceptors (Lipinski definition) is 3. The molecule has 0 aromatic heterocycles. The molecule has 1 N–H and O–H groups in total. The van der Waals surface area contributed by atoms with Crippen LogP contribution >= 0.6 is 0 Å². The van der Waals surface area contributed by atoms with Crippen molar-refractivity contribution in [1.82, 2.24) is 4.90 Å². The molecule has 20 heavy (non-hydrogen) atoms. The van der Waals surface area contributed by atoms with Crippen LogP contribution in [0.2, 0.25) is 0 Å². The van der Waals surface area contributed by atoms with Gasteiger partial charge in [0.2, 0.25) is 0 Å². The van der Waals surface area contributed by atoms with Gasteiger partial charge in [-0.3, -0.25) is 4.79 Å². The van der Waals surface area contributed by atoms with E-state index in [1.165, 1.54) is 12.1 Å². The van der Waals surface area contributed by atoms with E-state index in [0.717, 1.165) is 19.3 Å². The first-order valence-corrected chi connectivity index (χ1v) is 6.82. The first-order chi connectivity index (χ1) is 9.54. The number of hydrogen-bond donors (Lipinski definition) is 1. The quantitative estimate of drug-likeness (QED) is 0.744. The zero-order valence-corrected chi connectivity index (χ0v) is 12.0. The third-order valence-electron chi connectivity index (χ3n) is 2.98. The Kier molecular flexibility index (Phi) is 7.01. The average molecular weight is 283 g/mol. The Morgan fingerprint density at radius 2 is 2.15 bits per heavy atom. The van der Waals surface area contributed by atoms with Gasteiger partial charge in [-0.15, -0.1) is 0 Å². The highest BCUT2D eigenvalue weighted by atomic mass is 19.1. The highest BCUT2D eigenvalue weighted by molar-refractivity contribution is 5.80. The molecule has 0 bridgehead atoms. The van der Waals surface area contributed by atoms with Gasteiger partial charge in [0.25, 0.3) is 5.91 Å². The predicted octanol–water partition coefficient (Wildman–Crippen LogP) is 2.21. The van der Waals surface area contributed by atoms with Gasteiger partial charge in [-0.2, -0.15) is 0 Å². The van der Waals surface area contributed by atoms with Crippen molar-refractivity contribution in [2.75, 3.05) is 20.2 Å². The lowest BCUT2D eigenvalue weighted by Gasteiger charge is -2.22. The summed E-state index contributed by atoms with van der Waals surface area (Å²) in [6.45, 7) is 2.45. The lowest BCUT2D eigenvalue weighted by molar-refractivity contribution is -0.136. The van der Waals surface area contributed by atoms with Gasteiger partial charge in [-0.25, -0.2) is 4.39 Å². The molecule has 0 saturated carbocycles. The van der Waals surface area contributed by atoms with E-state index in [0.29, 0.717) is 12.3 Å². The van der Waals surface area contributed by atoms with Crippen molar-refractivity contribution >= 4 is 5.91 Å². The van der Waals surface area contributed by atoms with Crippen LogP contribution in [0.4, 0.5) is 4.39 Å². The smallest absolute Gasteiger partial charge is 0.263 e. The number of aliphatic hydroxyl groups excluding tert-OH is 1. The van der Waals surface area contributed by atoms with Crippen LogP contribution in [0, 0.1) is 5.82 Å². The number of nitrogens with zero attached hydrogens (tertiary/aromatic N) is 1. The van der Waals surface area contributed by atoms with Gasteiger partial charge >= 0.3 is 0 Å². The molecule has 0 aliphatic carbocycles. The van der Waals surface area contributed by atoms with Crippen LogP contribution in [-0.4, -0.2) is 42.2 Å². The highest BCUT2D eigenvalue weighted by Crippen LogP contribution is 2.14. The third-order valence-corrected chi connectivity index (χ3v) is 2.98. The van der Waals surface area contributed by atoms with E-state index in [2.05, 4.69) is 0 Å². The molecule has 4 nitrogen and oxygen atoms in total. The minimum atomic E-state index is -0.653. The summed E-state index contributed by atoms with van der Waals surface area (Å²) in [4.78, 5) is 13.7. The molecule has 0 spiro atoms. The van der Waals surface area contributed by atoms with Crippen LogP contribution in [0.15, 0.2) is 24.3 Å². The molecule has 0 aliphatic heterocycles. The molecule has 112 valence electrons. The van der Waals surface area contributed by atoms with E-state index < -0.39 is 6.10 Å². The molecule has 1 amide bonds. The number of amides is 1. The van der Waals surface area contributed by atoms with Gasteiger partial charge in [0.05, 0.1) is 0 Å². The topological polar surface area (TPSA) is 49.8 Å². The van der Waals surface area contributed by atoms with Crippen LogP contribution in [0.3, 0.4) is 0 Å². The largest absolute Gasteiger partial charge is 0.481 e. The lowest BCUT2D eigenvalue weighted by atomic mass is 10.2. The van der Waals surface area contributed by atoms with Gasteiger partial charge in [-0.1, -0.05) is 6.07 Å². The first-order valence-electron chi connectivity index (χ1n) is 6.82. The van der Waals surface area contributed by atoms with E-state index in [1.54, 1.807) is 31.0 Å². The summed E-state index contributed by atoms with van der Waals surface area (Å²) < 4.78 is 18.5. The summed E-state index contributed by atoms with van der Waals surface area (Å²) in [6.07, 6.45) is 1.82.